The van der Waals surface area contributed by atoms with Crippen molar-refractivity contribution >= 4 is 5.97 Å². The molecule has 3 fully saturated rings. The van der Waals surface area contributed by atoms with E-state index in [4.69, 9.17) is 4.74 Å². The Hall–Kier alpha value is -1.57. The van der Waals surface area contributed by atoms with Crippen LogP contribution in [0.3, 0.4) is 0 Å². The average Bonchev–Trinajstić information content (AvgIpc) is 3.40. The summed E-state index contributed by atoms with van der Waals surface area (Å²) < 4.78 is 6.12. The highest BCUT2D eigenvalue weighted by Crippen LogP contribution is 2.67. The van der Waals surface area contributed by atoms with Gasteiger partial charge in [-0.3, -0.25) is 4.79 Å². The van der Waals surface area contributed by atoms with Crippen LogP contribution in [0.2, 0.25) is 0 Å². The third-order valence-corrected chi connectivity index (χ3v) is 13.6. The van der Waals surface area contributed by atoms with Crippen LogP contribution in [0.5, 0.6) is 0 Å². The highest BCUT2D eigenvalue weighted by Gasteiger charge is 2.59. The highest BCUT2D eigenvalue weighted by molar-refractivity contribution is 5.69. The number of rotatable bonds is 19. The maximum atomic E-state index is 12.8. The zero-order valence-corrected chi connectivity index (χ0v) is 31.7. The summed E-state index contributed by atoms with van der Waals surface area (Å²) in [5.74, 6) is 5.28. The van der Waals surface area contributed by atoms with Gasteiger partial charge in [0, 0.05) is 12.8 Å². The molecule has 0 radical (unpaired) electrons. The fourth-order valence-electron chi connectivity index (χ4n) is 10.9. The summed E-state index contributed by atoms with van der Waals surface area (Å²) in [6.45, 7) is 14.8. The minimum absolute atomic E-state index is 0.0435. The molecule has 4 rings (SSSR count). The summed E-state index contributed by atoms with van der Waals surface area (Å²) in [6, 6.07) is 0. The SMILES string of the molecule is CC/C=C/C/C=C\C/C=C\CCCCCCCC(=O)O[C@H]1CC[C@@]2(C)C(=CC[C@H]3[C@@H]4CC[C@H]([C@H](C)CCCC(C)C)[C@@]4(C)CC[C@@H]32)C1. The molecule has 266 valence electrons. The van der Waals surface area contributed by atoms with E-state index in [2.05, 4.69) is 84.1 Å². The van der Waals surface area contributed by atoms with Gasteiger partial charge in [-0.1, -0.05) is 128 Å². The summed E-state index contributed by atoms with van der Waals surface area (Å²) >= 11 is 0. The number of fused-ring (bicyclic) bond motifs is 5. The van der Waals surface area contributed by atoms with Crippen molar-refractivity contribution < 1.29 is 9.53 Å². The van der Waals surface area contributed by atoms with Gasteiger partial charge in [0.1, 0.15) is 6.10 Å². The number of carbonyl (C=O) groups is 1. The molecule has 0 unspecified atom stereocenters. The third kappa shape index (κ3) is 10.5. The minimum atomic E-state index is 0.0435. The van der Waals surface area contributed by atoms with E-state index in [1.807, 2.05) is 0 Å². The highest BCUT2D eigenvalue weighted by atomic mass is 16.5. The van der Waals surface area contributed by atoms with Gasteiger partial charge in [-0.2, -0.15) is 0 Å². The molecule has 2 nitrogen and oxygen atoms in total. The van der Waals surface area contributed by atoms with Gasteiger partial charge in [0.05, 0.1) is 0 Å². The van der Waals surface area contributed by atoms with Gasteiger partial charge >= 0.3 is 5.97 Å². The predicted molar refractivity (Wildman–Crippen MR) is 202 cm³/mol. The molecule has 0 N–H and O–H groups in total. The topological polar surface area (TPSA) is 26.3 Å². The number of carbonyl (C=O) groups excluding carboxylic acids is 1. The Kier molecular flexibility index (Phi) is 15.4. The Morgan fingerprint density at radius 2 is 1.55 bits per heavy atom. The number of hydrogen-bond donors (Lipinski definition) is 0. The fourth-order valence-corrected chi connectivity index (χ4v) is 10.9. The number of esters is 1. The van der Waals surface area contributed by atoms with E-state index in [-0.39, 0.29) is 12.1 Å². The maximum absolute atomic E-state index is 12.8. The molecule has 0 heterocycles. The Bertz CT molecular complexity index is 1060. The Labute approximate surface area is 291 Å². The van der Waals surface area contributed by atoms with Gasteiger partial charge in [-0.15, -0.1) is 0 Å². The molecule has 47 heavy (non-hydrogen) atoms. The van der Waals surface area contributed by atoms with Crippen molar-refractivity contribution in [3.63, 3.8) is 0 Å². The molecule has 0 amide bonds. The first-order valence-electron chi connectivity index (χ1n) is 20.5. The van der Waals surface area contributed by atoms with E-state index in [1.165, 1.54) is 83.5 Å². The van der Waals surface area contributed by atoms with Crippen LogP contribution in [0.4, 0.5) is 0 Å². The van der Waals surface area contributed by atoms with E-state index >= 15 is 0 Å². The van der Waals surface area contributed by atoms with Gasteiger partial charge < -0.3 is 4.74 Å². The Morgan fingerprint density at radius 3 is 2.32 bits per heavy atom. The van der Waals surface area contributed by atoms with Crippen molar-refractivity contribution in [1.29, 1.82) is 0 Å². The predicted octanol–water partition coefficient (Wildman–Crippen LogP) is 13.5. The van der Waals surface area contributed by atoms with Crippen LogP contribution in [-0.4, -0.2) is 12.1 Å². The molecule has 0 aromatic carbocycles. The first-order valence-corrected chi connectivity index (χ1v) is 20.5. The van der Waals surface area contributed by atoms with Crippen LogP contribution in [0.25, 0.3) is 0 Å². The molecule has 4 aliphatic rings. The molecular formula is C45H74O2. The van der Waals surface area contributed by atoms with Crippen molar-refractivity contribution in [3.05, 3.63) is 48.1 Å². The summed E-state index contributed by atoms with van der Waals surface area (Å²) in [5.41, 5.74) is 2.51. The van der Waals surface area contributed by atoms with E-state index in [0.717, 1.165) is 80.5 Å². The van der Waals surface area contributed by atoms with Crippen LogP contribution in [0.15, 0.2) is 48.1 Å². The van der Waals surface area contributed by atoms with E-state index < -0.39 is 0 Å². The molecule has 4 aliphatic carbocycles. The van der Waals surface area contributed by atoms with E-state index in [1.54, 1.807) is 5.57 Å². The zero-order valence-electron chi connectivity index (χ0n) is 31.7. The van der Waals surface area contributed by atoms with Crippen molar-refractivity contribution in [2.24, 2.45) is 46.3 Å². The van der Waals surface area contributed by atoms with E-state index in [0.29, 0.717) is 17.3 Å². The lowest BCUT2D eigenvalue weighted by atomic mass is 9.47. The van der Waals surface area contributed by atoms with Gasteiger partial charge in [-0.25, -0.2) is 0 Å². The average molecular weight is 647 g/mol. The smallest absolute Gasteiger partial charge is 0.306 e. The van der Waals surface area contributed by atoms with Crippen LogP contribution < -0.4 is 0 Å². The Balaban J connectivity index is 1.13. The second-order valence-electron chi connectivity index (χ2n) is 17.2. The fraction of sp³-hybridized carbons (Fsp3) is 0.800. The summed E-state index contributed by atoms with van der Waals surface area (Å²) in [5, 5.41) is 0. The van der Waals surface area contributed by atoms with Crippen molar-refractivity contribution in [2.75, 3.05) is 0 Å². The van der Waals surface area contributed by atoms with Gasteiger partial charge in [0.25, 0.3) is 0 Å². The first kappa shape index (κ1) is 38.2. The molecule has 8 atom stereocenters. The second-order valence-corrected chi connectivity index (χ2v) is 17.2. The normalized spacial score (nSPS) is 32.9. The minimum Gasteiger partial charge on any atom is -0.462 e. The number of hydrogen-bond acceptors (Lipinski definition) is 2. The monoisotopic (exact) mass is 647 g/mol. The number of unbranched alkanes of at least 4 members (excludes halogenated alkanes) is 5. The first-order chi connectivity index (χ1) is 22.7. The lowest BCUT2D eigenvalue weighted by molar-refractivity contribution is -0.151. The van der Waals surface area contributed by atoms with Crippen molar-refractivity contribution in [2.45, 2.75) is 182 Å². The largest absolute Gasteiger partial charge is 0.462 e. The van der Waals surface area contributed by atoms with Gasteiger partial charge in [0.2, 0.25) is 0 Å². The summed E-state index contributed by atoms with van der Waals surface area (Å²) in [7, 11) is 0. The molecule has 3 saturated carbocycles. The van der Waals surface area contributed by atoms with Crippen molar-refractivity contribution in [1.82, 2.24) is 0 Å². The quantitative estimate of drug-likeness (QED) is 0.0793. The molecule has 0 aromatic heterocycles. The molecule has 0 aliphatic heterocycles. The second kappa shape index (κ2) is 19.0. The van der Waals surface area contributed by atoms with Gasteiger partial charge in [-0.05, 0) is 130 Å². The van der Waals surface area contributed by atoms with Crippen LogP contribution >= 0.6 is 0 Å². The van der Waals surface area contributed by atoms with Gasteiger partial charge in [0.15, 0.2) is 0 Å². The van der Waals surface area contributed by atoms with Crippen LogP contribution in [0.1, 0.15) is 176 Å². The maximum Gasteiger partial charge on any atom is 0.306 e. The Morgan fingerprint density at radius 1 is 0.830 bits per heavy atom. The molecule has 0 saturated heterocycles. The molecule has 0 spiro atoms. The zero-order chi connectivity index (χ0) is 33.7. The standard InChI is InChI=1S/C45H74O2/c1-7-8-9-10-11-12-13-14-15-16-17-18-19-20-21-25-43(46)47-38-30-32-44(5)37(34-38)26-27-39-41-29-28-40(36(4)24-22-23-35(2)3)45(41,6)33-31-42(39)44/h8-9,11-12,14-15,26,35-36,38-42H,7,10,13,16-25,27-34H2,1-6H3/b9-8+,12-11-,15-14-/t36-,38+,39+,40-,41+,42+,44+,45-/m1/s1. The van der Waals surface area contributed by atoms with E-state index in [9.17, 15) is 4.79 Å². The summed E-state index contributed by atoms with van der Waals surface area (Å²) in [6.07, 6.45) is 41.7. The molecular weight excluding hydrogens is 572 g/mol. The lowest BCUT2D eigenvalue weighted by Crippen LogP contribution is -2.51. The van der Waals surface area contributed by atoms with Crippen LogP contribution in [0, 0.1) is 46.3 Å². The third-order valence-electron chi connectivity index (χ3n) is 13.6. The molecule has 2 heteroatoms. The number of ether oxygens (including phenoxy) is 1. The number of allylic oxidation sites excluding steroid dienone is 7. The molecule has 0 aromatic rings. The van der Waals surface area contributed by atoms with Crippen molar-refractivity contribution in [3.8, 4) is 0 Å². The van der Waals surface area contributed by atoms with Crippen LogP contribution in [-0.2, 0) is 9.53 Å². The molecule has 0 bridgehead atoms. The summed E-state index contributed by atoms with van der Waals surface area (Å²) in [4.78, 5) is 12.8. The lowest BCUT2D eigenvalue weighted by Gasteiger charge is -2.58.